The van der Waals surface area contributed by atoms with Gasteiger partial charge in [0.05, 0.1) is 17.5 Å². The molecule has 0 radical (unpaired) electrons. The molecule has 1 rings (SSSR count). The number of nitriles is 1. The van der Waals surface area contributed by atoms with E-state index in [1.165, 1.54) is 0 Å². The number of carbonyl (C=O) groups excluding carboxylic acids is 1. The van der Waals surface area contributed by atoms with E-state index in [1.54, 1.807) is 18.2 Å². The van der Waals surface area contributed by atoms with Gasteiger partial charge >= 0.3 is 0 Å². The summed E-state index contributed by atoms with van der Waals surface area (Å²) in [6, 6.07) is 7.04. The van der Waals surface area contributed by atoms with Gasteiger partial charge in [-0.1, -0.05) is 29.8 Å². The summed E-state index contributed by atoms with van der Waals surface area (Å²) in [5.41, 5.74) is 1.13. The van der Waals surface area contributed by atoms with Crippen molar-refractivity contribution in [3.05, 3.63) is 34.3 Å². The summed E-state index contributed by atoms with van der Waals surface area (Å²) in [7, 11) is 0. The van der Waals surface area contributed by atoms with E-state index in [1.807, 2.05) is 6.07 Å². The largest absolute Gasteiger partial charge is 0.298 e. The molecule has 1 aromatic rings. The Morgan fingerprint density at radius 1 is 1.58 bits per heavy atom. The van der Waals surface area contributed by atoms with Crippen LogP contribution in [-0.4, -0.2) is 6.29 Å². The molecule has 0 saturated carbocycles. The first-order chi connectivity index (χ1) is 5.79. The van der Waals surface area contributed by atoms with Crippen LogP contribution in [0.5, 0.6) is 0 Å². The lowest BCUT2D eigenvalue weighted by Gasteiger charge is -2.00. The minimum atomic E-state index is 0.237. The van der Waals surface area contributed by atoms with E-state index in [0.29, 0.717) is 22.4 Å². The zero-order valence-corrected chi connectivity index (χ0v) is 7.01. The fourth-order valence-electron chi connectivity index (χ4n) is 0.912. The monoisotopic (exact) mass is 179 g/mol. The van der Waals surface area contributed by atoms with Crippen LogP contribution in [0.3, 0.4) is 0 Å². The molecule has 0 aliphatic heterocycles. The maximum atomic E-state index is 10.4. The highest BCUT2D eigenvalue weighted by molar-refractivity contribution is 6.33. The van der Waals surface area contributed by atoms with Gasteiger partial charge in [-0.2, -0.15) is 5.26 Å². The van der Waals surface area contributed by atoms with Gasteiger partial charge in [0.1, 0.15) is 0 Å². The SMILES string of the molecule is N#CCc1cccc(C=O)c1Cl. The Bertz CT molecular complexity index is 341. The van der Waals surface area contributed by atoms with Crippen molar-refractivity contribution in [1.82, 2.24) is 0 Å². The van der Waals surface area contributed by atoms with Gasteiger partial charge in [0.15, 0.2) is 6.29 Å². The van der Waals surface area contributed by atoms with Crippen molar-refractivity contribution >= 4 is 17.9 Å². The van der Waals surface area contributed by atoms with Crippen LogP contribution in [0.4, 0.5) is 0 Å². The van der Waals surface area contributed by atoms with Crippen LogP contribution in [0.15, 0.2) is 18.2 Å². The highest BCUT2D eigenvalue weighted by Crippen LogP contribution is 2.19. The molecule has 0 atom stereocenters. The molecule has 12 heavy (non-hydrogen) atoms. The number of carbonyl (C=O) groups is 1. The third-order valence-corrected chi connectivity index (χ3v) is 1.97. The summed E-state index contributed by atoms with van der Waals surface area (Å²) in [5.74, 6) is 0. The van der Waals surface area contributed by atoms with Crippen molar-refractivity contribution in [2.75, 3.05) is 0 Å². The van der Waals surface area contributed by atoms with E-state index in [0.717, 1.165) is 0 Å². The lowest BCUT2D eigenvalue weighted by Crippen LogP contribution is -1.88. The average Bonchev–Trinajstić information content (AvgIpc) is 2.09. The van der Waals surface area contributed by atoms with Crippen LogP contribution < -0.4 is 0 Å². The Balaban J connectivity index is 3.15. The lowest BCUT2D eigenvalue weighted by molar-refractivity contribution is 0.112. The van der Waals surface area contributed by atoms with Crippen LogP contribution in [0, 0.1) is 11.3 Å². The quantitative estimate of drug-likeness (QED) is 0.654. The maximum Gasteiger partial charge on any atom is 0.151 e. The molecule has 0 amide bonds. The van der Waals surface area contributed by atoms with E-state index in [9.17, 15) is 4.79 Å². The molecule has 0 bridgehead atoms. The number of nitrogens with zero attached hydrogens (tertiary/aromatic N) is 1. The molecular weight excluding hydrogens is 174 g/mol. The molecule has 3 heteroatoms. The predicted molar refractivity (Wildman–Crippen MR) is 46.2 cm³/mol. The second-order valence-electron chi connectivity index (χ2n) is 2.27. The van der Waals surface area contributed by atoms with Gasteiger partial charge in [-0.05, 0) is 5.56 Å². The predicted octanol–water partition coefficient (Wildman–Crippen LogP) is 2.22. The van der Waals surface area contributed by atoms with Gasteiger partial charge in [-0.25, -0.2) is 0 Å². The van der Waals surface area contributed by atoms with Crippen molar-refractivity contribution in [3.8, 4) is 6.07 Å². The molecule has 0 saturated heterocycles. The van der Waals surface area contributed by atoms with Gasteiger partial charge in [-0.15, -0.1) is 0 Å². The summed E-state index contributed by atoms with van der Waals surface area (Å²) in [6.07, 6.45) is 0.920. The van der Waals surface area contributed by atoms with Crippen LogP contribution in [0.25, 0.3) is 0 Å². The smallest absolute Gasteiger partial charge is 0.151 e. The third-order valence-electron chi connectivity index (χ3n) is 1.51. The standard InChI is InChI=1S/C9H6ClNO/c10-9-7(4-5-11)2-1-3-8(9)6-12/h1-3,6H,4H2. The molecule has 0 N–H and O–H groups in total. The Kier molecular flexibility index (Phi) is 2.84. The van der Waals surface area contributed by atoms with Crippen LogP contribution in [-0.2, 0) is 6.42 Å². The first-order valence-electron chi connectivity index (χ1n) is 3.39. The van der Waals surface area contributed by atoms with Crippen molar-refractivity contribution in [3.63, 3.8) is 0 Å². The van der Waals surface area contributed by atoms with E-state index in [2.05, 4.69) is 0 Å². The van der Waals surface area contributed by atoms with E-state index >= 15 is 0 Å². The number of aldehydes is 1. The van der Waals surface area contributed by atoms with Crippen LogP contribution >= 0.6 is 11.6 Å². The van der Waals surface area contributed by atoms with E-state index in [4.69, 9.17) is 16.9 Å². The molecule has 2 nitrogen and oxygen atoms in total. The Labute approximate surface area is 75.4 Å². The van der Waals surface area contributed by atoms with Crippen LogP contribution in [0.1, 0.15) is 15.9 Å². The van der Waals surface area contributed by atoms with Gasteiger partial charge < -0.3 is 0 Å². The zero-order chi connectivity index (χ0) is 8.97. The molecule has 1 aromatic carbocycles. The van der Waals surface area contributed by atoms with E-state index < -0.39 is 0 Å². The summed E-state index contributed by atoms with van der Waals surface area (Å²) in [5, 5.41) is 8.79. The molecule has 0 unspecified atom stereocenters. The lowest BCUT2D eigenvalue weighted by atomic mass is 10.1. The molecule has 0 aromatic heterocycles. The Morgan fingerprint density at radius 3 is 2.92 bits per heavy atom. The van der Waals surface area contributed by atoms with Crippen molar-refractivity contribution in [1.29, 1.82) is 5.26 Å². The number of hydrogen-bond acceptors (Lipinski definition) is 2. The van der Waals surface area contributed by atoms with Gasteiger partial charge in [0.25, 0.3) is 0 Å². The van der Waals surface area contributed by atoms with Gasteiger partial charge in [0.2, 0.25) is 0 Å². The molecular formula is C9H6ClNO. The first-order valence-corrected chi connectivity index (χ1v) is 3.77. The van der Waals surface area contributed by atoms with Gasteiger partial charge in [-0.3, -0.25) is 4.79 Å². The number of hydrogen-bond donors (Lipinski definition) is 0. The molecule has 0 heterocycles. The zero-order valence-electron chi connectivity index (χ0n) is 6.25. The third kappa shape index (κ3) is 1.63. The summed E-state index contributed by atoms with van der Waals surface area (Å²) in [4.78, 5) is 10.4. The van der Waals surface area contributed by atoms with E-state index in [-0.39, 0.29) is 6.42 Å². The number of benzene rings is 1. The molecule has 0 aliphatic carbocycles. The summed E-state index contributed by atoms with van der Waals surface area (Å²) < 4.78 is 0. The summed E-state index contributed by atoms with van der Waals surface area (Å²) in [6.45, 7) is 0. The maximum absolute atomic E-state index is 10.4. The minimum absolute atomic E-state index is 0.237. The average molecular weight is 180 g/mol. The number of halogens is 1. The number of rotatable bonds is 2. The minimum Gasteiger partial charge on any atom is -0.298 e. The first kappa shape index (κ1) is 8.76. The van der Waals surface area contributed by atoms with Crippen molar-refractivity contribution in [2.24, 2.45) is 0 Å². The second kappa shape index (κ2) is 3.89. The van der Waals surface area contributed by atoms with Gasteiger partial charge in [0, 0.05) is 5.56 Å². The molecule has 0 fully saturated rings. The van der Waals surface area contributed by atoms with Crippen LogP contribution in [0.2, 0.25) is 5.02 Å². The highest BCUT2D eigenvalue weighted by atomic mass is 35.5. The summed E-state index contributed by atoms with van der Waals surface area (Å²) >= 11 is 5.81. The normalized spacial score (nSPS) is 9.00. The Hall–Kier alpha value is -1.33. The molecule has 0 spiro atoms. The fourth-order valence-corrected chi connectivity index (χ4v) is 1.15. The second-order valence-corrected chi connectivity index (χ2v) is 2.65. The van der Waals surface area contributed by atoms with Crippen molar-refractivity contribution in [2.45, 2.75) is 6.42 Å². The van der Waals surface area contributed by atoms with Crippen molar-refractivity contribution < 1.29 is 4.79 Å². The Morgan fingerprint density at radius 2 is 2.33 bits per heavy atom. The molecule has 60 valence electrons. The fraction of sp³-hybridized carbons (Fsp3) is 0.111. The highest BCUT2D eigenvalue weighted by Gasteiger charge is 2.03. The topological polar surface area (TPSA) is 40.9 Å². The molecule has 0 aliphatic rings.